The van der Waals surface area contributed by atoms with Crippen molar-refractivity contribution in [1.29, 1.82) is 0 Å². The van der Waals surface area contributed by atoms with Gasteiger partial charge in [-0.3, -0.25) is 9.59 Å². The van der Waals surface area contributed by atoms with Gasteiger partial charge in [0.05, 0.1) is 13.5 Å². The summed E-state index contributed by atoms with van der Waals surface area (Å²) in [6.45, 7) is 0. The number of esters is 1. The third kappa shape index (κ3) is 1.38. The minimum absolute atomic E-state index is 0.172. The second-order valence-electron chi connectivity index (χ2n) is 4.45. The second-order valence-corrected chi connectivity index (χ2v) is 4.45. The highest BCUT2D eigenvalue weighted by Crippen LogP contribution is 2.43. The highest BCUT2D eigenvalue weighted by atomic mass is 16.6. The summed E-state index contributed by atoms with van der Waals surface area (Å²) in [6.07, 6.45) is 3.90. The van der Waals surface area contributed by atoms with Crippen molar-refractivity contribution in [1.82, 2.24) is 0 Å². The van der Waals surface area contributed by atoms with Crippen LogP contribution in [0.1, 0.15) is 24.0 Å². The lowest BCUT2D eigenvalue weighted by atomic mass is 9.80. The fourth-order valence-corrected chi connectivity index (χ4v) is 2.53. The topological polar surface area (TPSA) is 52.6 Å². The number of rotatable bonds is 1. The molecule has 1 aromatic carbocycles. The van der Waals surface area contributed by atoms with Gasteiger partial charge in [-0.1, -0.05) is 12.1 Å². The van der Waals surface area contributed by atoms with Crippen LogP contribution in [-0.4, -0.2) is 18.9 Å². The predicted octanol–water partition coefficient (Wildman–Crippen LogP) is 1.82. The number of carbonyl (C=O) groups is 2. The Hall–Kier alpha value is -2.10. The van der Waals surface area contributed by atoms with E-state index in [-0.39, 0.29) is 18.2 Å². The SMILES string of the molecule is COc1ccc2c(c1)[C@@]1(CCC(=O)O1)C(=O)C=C2. The number of hydrogen-bond donors (Lipinski definition) is 0. The maximum absolute atomic E-state index is 12.1. The normalized spacial score (nSPS) is 25.2. The Bertz CT molecular complexity index is 573. The van der Waals surface area contributed by atoms with E-state index in [0.717, 1.165) is 11.1 Å². The van der Waals surface area contributed by atoms with Crippen LogP contribution in [0, 0.1) is 0 Å². The molecule has 1 saturated heterocycles. The van der Waals surface area contributed by atoms with Crippen molar-refractivity contribution in [3.63, 3.8) is 0 Å². The molecular formula is C14H12O4. The molecule has 1 fully saturated rings. The quantitative estimate of drug-likeness (QED) is 0.707. The lowest BCUT2D eigenvalue weighted by Gasteiger charge is -2.29. The minimum atomic E-state index is -1.13. The van der Waals surface area contributed by atoms with Crippen molar-refractivity contribution in [2.24, 2.45) is 0 Å². The third-order valence-electron chi connectivity index (χ3n) is 3.48. The molecule has 1 aliphatic carbocycles. The molecule has 18 heavy (non-hydrogen) atoms. The van der Waals surface area contributed by atoms with Gasteiger partial charge in [0.25, 0.3) is 0 Å². The molecule has 1 atom stereocenters. The van der Waals surface area contributed by atoms with E-state index in [4.69, 9.17) is 9.47 Å². The molecule has 92 valence electrons. The van der Waals surface area contributed by atoms with E-state index in [1.54, 1.807) is 19.3 Å². The summed E-state index contributed by atoms with van der Waals surface area (Å²) < 4.78 is 10.5. The Morgan fingerprint density at radius 2 is 2.11 bits per heavy atom. The van der Waals surface area contributed by atoms with E-state index in [1.165, 1.54) is 6.08 Å². The van der Waals surface area contributed by atoms with E-state index in [0.29, 0.717) is 12.2 Å². The molecule has 0 N–H and O–H groups in total. The molecule has 0 aromatic heterocycles. The largest absolute Gasteiger partial charge is 0.497 e. The van der Waals surface area contributed by atoms with Crippen LogP contribution in [-0.2, 0) is 19.9 Å². The van der Waals surface area contributed by atoms with Gasteiger partial charge in [0, 0.05) is 12.0 Å². The zero-order valence-electron chi connectivity index (χ0n) is 9.93. The highest BCUT2D eigenvalue weighted by Gasteiger charge is 2.49. The van der Waals surface area contributed by atoms with E-state index in [9.17, 15) is 9.59 Å². The number of fused-ring (bicyclic) bond motifs is 2. The Labute approximate surface area is 104 Å². The first-order chi connectivity index (χ1) is 8.65. The Morgan fingerprint density at radius 3 is 2.78 bits per heavy atom. The number of hydrogen-bond acceptors (Lipinski definition) is 4. The summed E-state index contributed by atoms with van der Waals surface area (Å²) in [5.41, 5.74) is 0.487. The number of benzene rings is 1. The zero-order valence-corrected chi connectivity index (χ0v) is 9.93. The molecule has 1 aliphatic heterocycles. The van der Waals surface area contributed by atoms with Crippen LogP contribution in [0.4, 0.5) is 0 Å². The summed E-state index contributed by atoms with van der Waals surface area (Å²) in [6, 6.07) is 5.46. The highest BCUT2D eigenvalue weighted by molar-refractivity contribution is 6.06. The fraction of sp³-hybridized carbons (Fsp3) is 0.286. The summed E-state index contributed by atoms with van der Waals surface area (Å²) >= 11 is 0. The maximum atomic E-state index is 12.1. The number of carbonyl (C=O) groups excluding carboxylic acids is 2. The molecule has 1 aromatic rings. The first-order valence-corrected chi connectivity index (χ1v) is 5.78. The van der Waals surface area contributed by atoms with Gasteiger partial charge in [-0.25, -0.2) is 0 Å². The van der Waals surface area contributed by atoms with Crippen LogP contribution in [0.3, 0.4) is 0 Å². The standard InChI is InChI=1S/C14H12O4/c1-17-10-4-2-9-3-5-12(15)14(11(9)8-10)7-6-13(16)18-14/h2-5,8H,6-7H2,1H3/t14-/m0/s1. The van der Waals surface area contributed by atoms with Gasteiger partial charge in [-0.2, -0.15) is 0 Å². The van der Waals surface area contributed by atoms with E-state index >= 15 is 0 Å². The zero-order chi connectivity index (χ0) is 12.8. The van der Waals surface area contributed by atoms with Crippen LogP contribution >= 0.6 is 0 Å². The predicted molar refractivity (Wildman–Crippen MR) is 64.0 cm³/mol. The van der Waals surface area contributed by atoms with Gasteiger partial charge in [0.2, 0.25) is 5.78 Å². The second kappa shape index (κ2) is 3.70. The smallest absolute Gasteiger partial charge is 0.307 e. The van der Waals surface area contributed by atoms with E-state index in [1.807, 2.05) is 12.1 Å². The summed E-state index contributed by atoms with van der Waals surface area (Å²) in [4.78, 5) is 23.5. The Balaban J connectivity index is 2.20. The van der Waals surface area contributed by atoms with Gasteiger partial charge >= 0.3 is 5.97 Å². The lowest BCUT2D eigenvalue weighted by molar-refractivity contribution is -0.156. The van der Waals surface area contributed by atoms with Crippen LogP contribution in [0.25, 0.3) is 6.08 Å². The molecule has 0 bridgehead atoms. The minimum Gasteiger partial charge on any atom is -0.497 e. The monoisotopic (exact) mass is 244 g/mol. The first kappa shape index (κ1) is 11.0. The molecular weight excluding hydrogens is 232 g/mol. The number of methoxy groups -OCH3 is 1. The summed E-state index contributed by atoms with van der Waals surface area (Å²) in [5, 5.41) is 0. The Kier molecular flexibility index (Phi) is 2.26. The van der Waals surface area contributed by atoms with Crippen LogP contribution in [0.5, 0.6) is 5.75 Å². The molecule has 3 rings (SSSR count). The van der Waals surface area contributed by atoms with Gasteiger partial charge in [0.15, 0.2) is 5.60 Å². The van der Waals surface area contributed by atoms with Gasteiger partial charge in [-0.05, 0) is 23.8 Å². The average Bonchev–Trinajstić information content (AvgIpc) is 2.78. The molecule has 4 heteroatoms. The van der Waals surface area contributed by atoms with Crippen LogP contribution in [0.15, 0.2) is 24.3 Å². The molecule has 1 heterocycles. The molecule has 0 saturated carbocycles. The molecule has 1 spiro atoms. The molecule has 0 radical (unpaired) electrons. The van der Waals surface area contributed by atoms with E-state index in [2.05, 4.69) is 0 Å². The maximum Gasteiger partial charge on any atom is 0.307 e. The number of ether oxygens (including phenoxy) is 2. The molecule has 4 nitrogen and oxygen atoms in total. The van der Waals surface area contributed by atoms with Crippen molar-refractivity contribution in [3.8, 4) is 5.75 Å². The van der Waals surface area contributed by atoms with Crippen LogP contribution < -0.4 is 4.74 Å². The third-order valence-corrected chi connectivity index (χ3v) is 3.48. The average molecular weight is 244 g/mol. The molecule has 2 aliphatic rings. The van der Waals surface area contributed by atoms with Crippen molar-refractivity contribution >= 4 is 17.8 Å². The van der Waals surface area contributed by atoms with Crippen molar-refractivity contribution in [3.05, 3.63) is 35.4 Å². The van der Waals surface area contributed by atoms with Crippen molar-refractivity contribution < 1.29 is 19.1 Å². The lowest BCUT2D eigenvalue weighted by Crippen LogP contribution is -2.36. The van der Waals surface area contributed by atoms with Crippen molar-refractivity contribution in [2.75, 3.05) is 7.11 Å². The summed E-state index contributed by atoms with van der Waals surface area (Å²) in [7, 11) is 1.57. The van der Waals surface area contributed by atoms with Gasteiger partial charge < -0.3 is 9.47 Å². The van der Waals surface area contributed by atoms with E-state index < -0.39 is 5.60 Å². The number of ketones is 1. The van der Waals surface area contributed by atoms with Crippen LogP contribution in [0.2, 0.25) is 0 Å². The summed E-state index contributed by atoms with van der Waals surface area (Å²) in [5.74, 6) is 0.153. The Morgan fingerprint density at radius 1 is 1.28 bits per heavy atom. The van der Waals surface area contributed by atoms with Gasteiger partial charge in [-0.15, -0.1) is 0 Å². The van der Waals surface area contributed by atoms with Gasteiger partial charge in [0.1, 0.15) is 5.75 Å². The molecule has 0 unspecified atom stereocenters. The molecule has 0 amide bonds. The van der Waals surface area contributed by atoms with Crippen molar-refractivity contribution in [2.45, 2.75) is 18.4 Å². The fourth-order valence-electron chi connectivity index (χ4n) is 2.53. The first-order valence-electron chi connectivity index (χ1n) is 5.78.